The smallest absolute Gasteiger partial charge is 0.180 e. The number of nitrogens with two attached hydrogens (primary N) is 1. The highest BCUT2D eigenvalue weighted by Gasteiger charge is 2.32. The van der Waals surface area contributed by atoms with E-state index in [1.165, 1.54) is 16.2 Å². The summed E-state index contributed by atoms with van der Waals surface area (Å²) in [7, 11) is 3.45. The molecule has 0 unspecified atom stereocenters. The van der Waals surface area contributed by atoms with Gasteiger partial charge in [-0.25, -0.2) is 4.98 Å². The number of anilines is 1. The van der Waals surface area contributed by atoms with Gasteiger partial charge in [0.15, 0.2) is 5.13 Å². The van der Waals surface area contributed by atoms with E-state index in [4.69, 9.17) is 15.2 Å². The second-order valence-corrected chi connectivity index (χ2v) is 5.05. The zero-order valence-corrected chi connectivity index (χ0v) is 11.6. The van der Waals surface area contributed by atoms with Crippen LogP contribution in [0.5, 0.6) is 0 Å². The molecule has 0 bridgehead atoms. The molecular formula is C10H18ClN3O2S. The lowest BCUT2D eigenvalue weighted by Crippen LogP contribution is -2.27. The number of methoxy groups -OCH3 is 2. The van der Waals surface area contributed by atoms with Gasteiger partial charge in [-0.3, -0.25) is 4.90 Å². The van der Waals surface area contributed by atoms with E-state index in [1.807, 2.05) is 6.20 Å². The number of halogens is 1. The third kappa shape index (κ3) is 3.53. The summed E-state index contributed by atoms with van der Waals surface area (Å²) in [5.41, 5.74) is 5.60. The predicted octanol–water partition coefficient (Wildman–Crippen LogP) is 0.993. The van der Waals surface area contributed by atoms with Gasteiger partial charge >= 0.3 is 0 Å². The van der Waals surface area contributed by atoms with E-state index in [0.717, 1.165) is 19.6 Å². The Labute approximate surface area is 111 Å². The van der Waals surface area contributed by atoms with Crippen LogP contribution in [0.4, 0.5) is 5.13 Å². The molecule has 2 atom stereocenters. The van der Waals surface area contributed by atoms with Crippen LogP contribution in [-0.2, 0) is 16.0 Å². The van der Waals surface area contributed by atoms with Gasteiger partial charge in [-0.2, -0.15) is 0 Å². The fourth-order valence-corrected chi connectivity index (χ4v) is 2.74. The first-order chi connectivity index (χ1) is 7.72. The Morgan fingerprint density at radius 3 is 2.41 bits per heavy atom. The van der Waals surface area contributed by atoms with Crippen LogP contribution >= 0.6 is 23.7 Å². The second-order valence-electron chi connectivity index (χ2n) is 3.91. The second kappa shape index (κ2) is 6.51. The van der Waals surface area contributed by atoms with Crippen molar-refractivity contribution < 1.29 is 9.47 Å². The van der Waals surface area contributed by atoms with Crippen LogP contribution in [0.25, 0.3) is 0 Å². The van der Waals surface area contributed by atoms with Gasteiger partial charge < -0.3 is 15.2 Å². The van der Waals surface area contributed by atoms with E-state index in [2.05, 4.69) is 9.88 Å². The largest absolute Gasteiger partial charge is 0.377 e. The van der Waals surface area contributed by atoms with E-state index in [9.17, 15) is 0 Å². The van der Waals surface area contributed by atoms with E-state index in [1.54, 1.807) is 14.2 Å². The van der Waals surface area contributed by atoms with Gasteiger partial charge in [0, 0.05) is 44.9 Å². The molecule has 2 rings (SSSR count). The Morgan fingerprint density at radius 2 is 2.00 bits per heavy atom. The van der Waals surface area contributed by atoms with Crippen LogP contribution in [-0.4, -0.2) is 49.4 Å². The van der Waals surface area contributed by atoms with Gasteiger partial charge in [0.25, 0.3) is 0 Å². The number of ether oxygens (including phenoxy) is 2. The minimum Gasteiger partial charge on any atom is -0.377 e. The van der Waals surface area contributed by atoms with Crippen LogP contribution in [0.15, 0.2) is 6.20 Å². The Hall–Kier alpha value is -0.400. The fraction of sp³-hybridized carbons (Fsp3) is 0.700. The van der Waals surface area contributed by atoms with Crippen LogP contribution < -0.4 is 5.73 Å². The van der Waals surface area contributed by atoms with Crippen molar-refractivity contribution in [1.29, 1.82) is 0 Å². The van der Waals surface area contributed by atoms with Crippen LogP contribution in [0, 0.1) is 0 Å². The Balaban J connectivity index is 0.00000144. The molecule has 1 aromatic heterocycles. The number of nitrogens with zero attached hydrogens (tertiary/aromatic N) is 2. The SMILES string of the molecule is CO[C@H]1CN(Cc2cnc(N)s2)C[C@H]1OC.Cl. The van der Waals surface area contributed by atoms with E-state index in [-0.39, 0.29) is 24.6 Å². The summed E-state index contributed by atoms with van der Waals surface area (Å²) in [6, 6.07) is 0. The van der Waals surface area contributed by atoms with Crippen molar-refractivity contribution in [3.05, 3.63) is 11.1 Å². The number of aromatic nitrogens is 1. The number of hydrogen-bond donors (Lipinski definition) is 1. The molecule has 98 valence electrons. The highest BCUT2D eigenvalue weighted by molar-refractivity contribution is 7.15. The highest BCUT2D eigenvalue weighted by Crippen LogP contribution is 2.21. The standard InChI is InChI=1S/C10H17N3O2S.ClH/c1-14-8-5-13(6-9(8)15-2)4-7-3-12-10(11)16-7;/h3,8-9H,4-6H2,1-2H3,(H2,11,12);1H/t8-,9+;. The van der Waals surface area contributed by atoms with Crippen molar-refractivity contribution in [1.82, 2.24) is 9.88 Å². The zero-order valence-electron chi connectivity index (χ0n) is 9.96. The number of hydrogen-bond acceptors (Lipinski definition) is 6. The molecule has 2 heterocycles. The first kappa shape index (κ1) is 14.7. The molecule has 17 heavy (non-hydrogen) atoms. The first-order valence-electron chi connectivity index (χ1n) is 5.21. The Morgan fingerprint density at radius 1 is 1.41 bits per heavy atom. The molecule has 0 aromatic carbocycles. The number of likely N-dealkylation sites (tertiary alicyclic amines) is 1. The third-order valence-corrected chi connectivity index (χ3v) is 3.66. The minimum absolute atomic E-state index is 0. The highest BCUT2D eigenvalue weighted by atomic mass is 35.5. The molecule has 1 saturated heterocycles. The van der Waals surface area contributed by atoms with Gasteiger partial charge in [-0.05, 0) is 0 Å². The molecule has 1 aromatic rings. The summed E-state index contributed by atoms with van der Waals surface area (Å²) in [6.45, 7) is 2.66. The van der Waals surface area contributed by atoms with Gasteiger partial charge in [0.05, 0.1) is 12.2 Å². The molecule has 0 radical (unpaired) electrons. The average molecular weight is 280 g/mol. The van der Waals surface area contributed by atoms with Gasteiger partial charge in [-0.15, -0.1) is 23.7 Å². The van der Waals surface area contributed by atoms with Crippen molar-refractivity contribution in [2.75, 3.05) is 33.0 Å². The quantitative estimate of drug-likeness (QED) is 0.891. The van der Waals surface area contributed by atoms with E-state index < -0.39 is 0 Å². The normalized spacial score (nSPS) is 24.8. The van der Waals surface area contributed by atoms with E-state index >= 15 is 0 Å². The van der Waals surface area contributed by atoms with Crippen LogP contribution in [0.3, 0.4) is 0 Å². The molecule has 0 spiro atoms. The Kier molecular flexibility index (Phi) is 5.61. The van der Waals surface area contributed by atoms with Crippen molar-refractivity contribution >= 4 is 28.9 Å². The average Bonchev–Trinajstić information content (AvgIpc) is 2.85. The fourth-order valence-electron chi connectivity index (χ4n) is 2.02. The summed E-state index contributed by atoms with van der Waals surface area (Å²) in [5.74, 6) is 0. The lowest BCUT2D eigenvalue weighted by atomic mass is 10.3. The molecule has 0 amide bonds. The molecule has 0 aliphatic carbocycles. The number of nitrogen functional groups attached to an aromatic ring is 1. The number of thiazole rings is 1. The minimum atomic E-state index is 0. The van der Waals surface area contributed by atoms with Crippen molar-refractivity contribution in [3.63, 3.8) is 0 Å². The molecule has 2 N–H and O–H groups in total. The molecule has 0 saturated carbocycles. The molecule has 1 aliphatic heterocycles. The molecule has 1 aliphatic rings. The van der Waals surface area contributed by atoms with Crippen molar-refractivity contribution in [2.45, 2.75) is 18.8 Å². The molecule has 1 fully saturated rings. The summed E-state index contributed by atoms with van der Waals surface area (Å²) >= 11 is 1.54. The van der Waals surface area contributed by atoms with Crippen molar-refractivity contribution in [2.24, 2.45) is 0 Å². The maximum atomic E-state index is 5.60. The monoisotopic (exact) mass is 279 g/mol. The topological polar surface area (TPSA) is 60.6 Å². The first-order valence-corrected chi connectivity index (χ1v) is 6.02. The van der Waals surface area contributed by atoms with Crippen molar-refractivity contribution in [3.8, 4) is 0 Å². The summed E-state index contributed by atoms with van der Waals surface area (Å²) < 4.78 is 10.8. The van der Waals surface area contributed by atoms with E-state index in [0.29, 0.717) is 5.13 Å². The maximum Gasteiger partial charge on any atom is 0.180 e. The molecule has 7 heteroatoms. The zero-order chi connectivity index (χ0) is 11.5. The lowest BCUT2D eigenvalue weighted by Gasteiger charge is -2.13. The van der Waals surface area contributed by atoms with Crippen LogP contribution in [0.2, 0.25) is 0 Å². The summed E-state index contributed by atoms with van der Waals surface area (Å²) in [4.78, 5) is 7.53. The number of rotatable bonds is 4. The molecular weight excluding hydrogens is 262 g/mol. The van der Waals surface area contributed by atoms with Gasteiger partial charge in [0.2, 0.25) is 0 Å². The molecule has 5 nitrogen and oxygen atoms in total. The van der Waals surface area contributed by atoms with Crippen LogP contribution in [0.1, 0.15) is 4.88 Å². The summed E-state index contributed by atoms with van der Waals surface area (Å²) in [5, 5.41) is 0.626. The van der Waals surface area contributed by atoms with Gasteiger partial charge in [-0.1, -0.05) is 0 Å². The maximum absolute atomic E-state index is 5.60. The van der Waals surface area contributed by atoms with Gasteiger partial charge in [0.1, 0.15) is 0 Å². The summed E-state index contributed by atoms with van der Waals surface area (Å²) in [6.07, 6.45) is 2.16. The lowest BCUT2D eigenvalue weighted by molar-refractivity contribution is -0.00461. The Bertz CT molecular complexity index is 338. The predicted molar refractivity (Wildman–Crippen MR) is 70.6 cm³/mol. The third-order valence-electron chi connectivity index (χ3n) is 2.85.